The second-order valence-electron chi connectivity index (χ2n) is 6.68. The molecule has 1 heterocycles. The number of benzene rings is 1. The van der Waals surface area contributed by atoms with Crippen molar-refractivity contribution in [3.8, 4) is 0 Å². The van der Waals surface area contributed by atoms with Gasteiger partial charge in [-0.2, -0.15) is 0 Å². The summed E-state index contributed by atoms with van der Waals surface area (Å²) in [4.78, 5) is 14.9. The van der Waals surface area contributed by atoms with Crippen molar-refractivity contribution in [2.45, 2.75) is 27.2 Å². The summed E-state index contributed by atoms with van der Waals surface area (Å²) < 4.78 is 0. The van der Waals surface area contributed by atoms with Crippen LogP contribution in [0.2, 0.25) is 0 Å². The number of carbonyl (C=O) groups is 1. The van der Waals surface area contributed by atoms with Gasteiger partial charge in [0.05, 0.1) is 0 Å². The van der Waals surface area contributed by atoms with E-state index in [1.54, 1.807) is 0 Å². The Labute approximate surface area is 122 Å². The van der Waals surface area contributed by atoms with Crippen LogP contribution in [-0.4, -0.2) is 37.0 Å². The number of piperazine rings is 1. The maximum atomic E-state index is 12.8. The van der Waals surface area contributed by atoms with Gasteiger partial charge in [-0.1, -0.05) is 51.1 Å². The fourth-order valence-corrected chi connectivity index (χ4v) is 2.72. The minimum Gasteiger partial charge on any atom is -0.340 e. The summed E-state index contributed by atoms with van der Waals surface area (Å²) in [5, 5.41) is 3.30. The smallest absolute Gasteiger partial charge is 0.226 e. The minimum absolute atomic E-state index is 0.0161. The van der Waals surface area contributed by atoms with Crippen molar-refractivity contribution in [3.63, 3.8) is 0 Å². The van der Waals surface area contributed by atoms with Gasteiger partial charge in [0.1, 0.15) is 0 Å². The molecule has 0 spiro atoms. The summed E-state index contributed by atoms with van der Waals surface area (Å²) in [6.07, 6.45) is 0.826. The van der Waals surface area contributed by atoms with Crippen LogP contribution in [0.3, 0.4) is 0 Å². The standard InChI is InChI=1S/C17H26N2O/c1-17(2,3)15(13-14-7-5-4-6-8-14)16(20)19-11-9-18-10-12-19/h4-8,15,18H,9-13H2,1-3H3. The largest absolute Gasteiger partial charge is 0.340 e. The quantitative estimate of drug-likeness (QED) is 0.917. The number of hydrogen-bond acceptors (Lipinski definition) is 2. The van der Waals surface area contributed by atoms with E-state index in [2.05, 4.69) is 38.2 Å². The third kappa shape index (κ3) is 3.83. The highest BCUT2D eigenvalue weighted by Crippen LogP contribution is 2.31. The summed E-state index contributed by atoms with van der Waals surface area (Å²) >= 11 is 0. The molecular formula is C17H26N2O. The van der Waals surface area contributed by atoms with Crippen LogP contribution < -0.4 is 5.32 Å². The first-order valence-corrected chi connectivity index (χ1v) is 7.52. The maximum Gasteiger partial charge on any atom is 0.226 e. The third-order valence-corrected chi connectivity index (χ3v) is 4.05. The second kappa shape index (κ2) is 6.40. The van der Waals surface area contributed by atoms with Gasteiger partial charge in [-0.3, -0.25) is 4.79 Å². The molecule has 1 saturated heterocycles. The summed E-state index contributed by atoms with van der Waals surface area (Å²) in [5.41, 5.74) is 1.23. The van der Waals surface area contributed by atoms with E-state index in [4.69, 9.17) is 0 Å². The van der Waals surface area contributed by atoms with Crippen LogP contribution in [-0.2, 0) is 11.2 Å². The van der Waals surface area contributed by atoms with Crippen molar-refractivity contribution in [2.75, 3.05) is 26.2 Å². The molecule has 3 heteroatoms. The molecule has 1 aromatic carbocycles. The lowest BCUT2D eigenvalue weighted by molar-refractivity contribution is -0.139. The van der Waals surface area contributed by atoms with Gasteiger partial charge in [0.25, 0.3) is 0 Å². The predicted molar refractivity (Wildman–Crippen MR) is 82.5 cm³/mol. The Bertz CT molecular complexity index is 430. The van der Waals surface area contributed by atoms with Crippen LogP contribution >= 0.6 is 0 Å². The fraction of sp³-hybridized carbons (Fsp3) is 0.588. The number of nitrogens with zero attached hydrogens (tertiary/aromatic N) is 1. The van der Waals surface area contributed by atoms with Gasteiger partial charge in [-0.05, 0) is 17.4 Å². The molecule has 1 unspecified atom stereocenters. The van der Waals surface area contributed by atoms with Crippen LogP contribution in [0.1, 0.15) is 26.3 Å². The first-order valence-electron chi connectivity index (χ1n) is 7.52. The molecule has 0 radical (unpaired) electrons. The lowest BCUT2D eigenvalue weighted by atomic mass is 9.76. The summed E-state index contributed by atoms with van der Waals surface area (Å²) in [5.74, 6) is 0.353. The van der Waals surface area contributed by atoms with Gasteiger partial charge >= 0.3 is 0 Å². The summed E-state index contributed by atoms with van der Waals surface area (Å²) in [6.45, 7) is 9.99. The van der Waals surface area contributed by atoms with E-state index in [-0.39, 0.29) is 11.3 Å². The molecule has 110 valence electrons. The number of amides is 1. The number of nitrogens with one attached hydrogen (secondary N) is 1. The number of hydrogen-bond donors (Lipinski definition) is 1. The summed E-state index contributed by atoms with van der Waals surface area (Å²) in [7, 11) is 0. The number of rotatable bonds is 3. The predicted octanol–water partition coefficient (Wildman–Crippen LogP) is 2.32. The van der Waals surface area contributed by atoms with Gasteiger partial charge in [0.15, 0.2) is 0 Å². The van der Waals surface area contributed by atoms with Crippen LogP contribution in [0.4, 0.5) is 0 Å². The minimum atomic E-state index is -0.0161. The van der Waals surface area contributed by atoms with Gasteiger partial charge in [-0.15, -0.1) is 0 Å². The Balaban J connectivity index is 2.13. The maximum absolute atomic E-state index is 12.8. The molecule has 1 fully saturated rings. The zero-order valence-corrected chi connectivity index (χ0v) is 12.9. The molecule has 0 bridgehead atoms. The topological polar surface area (TPSA) is 32.3 Å². The molecular weight excluding hydrogens is 248 g/mol. The molecule has 0 aliphatic carbocycles. The van der Waals surface area contributed by atoms with Gasteiger partial charge < -0.3 is 10.2 Å². The first kappa shape index (κ1) is 15.0. The molecule has 20 heavy (non-hydrogen) atoms. The molecule has 1 amide bonds. The number of carbonyl (C=O) groups excluding carboxylic acids is 1. The van der Waals surface area contributed by atoms with Crippen molar-refractivity contribution in [1.82, 2.24) is 10.2 Å². The van der Waals surface area contributed by atoms with Gasteiger partial charge in [0, 0.05) is 32.1 Å². The van der Waals surface area contributed by atoms with Crippen molar-refractivity contribution in [3.05, 3.63) is 35.9 Å². The van der Waals surface area contributed by atoms with E-state index in [1.807, 2.05) is 23.1 Å². The van der Waals surface area contributed by atoms with Crippen LogP contribution in [0.25, 0.3) is 0 Å². The Kier molecular flexibility index (Phi) is 4.81. The average molecular weight is 274 g/mol. The van der Waals surface area contributed by atoms with Gasteiger partial charge in [0.2, 0.25) is 5.91 Å². The van der Waals surface area contributed by atoms with Crippen molar-refractivity contribution in [2.24, 2.45) is 11.3 Å². The highest BCUT2D eigenvalue weighted by Gasteiger charge is 2.34. The third-order valence-electron chi connectivity index (χ3n) is 4.05. The van der Waals surface area contributed by atoms with E-state index in [9.17, 15) is 4.79 Å². The van der Waals surface area contributed by atoms with Crippen LogP contribution in [0, 0.1) is 11.3 Å². The molecule has 0 aromatic heterocycles. The second-order valence-corrected chi connectivity index (χ2v) is 6.68. The highest BCUT2D eigenvalue weighted by molar-refractivity contribution is 5.80. The Morgan fingerprint density at radius 2 is 1.80 bits per heavy atom. The fourth-order valence-electron chi connectivity index (χ4n) is 2.72. The lowest BCUT2D eigenvalue weighted by Crippen LogP contribution is -2.50. The van der Waals surface area contributed by atoms with Crippen molar-refractivity contribution >= 4 is 5.91 Å². The summed E-state index contributed by atoms with van der Waals surface area (Å²) in [6, 6.07) is 10.3. The van der Waals surface area contributed by atoms with Crippen molar-refractivity contribution < 1.29 is 4.79 Å². The molecule has 1 aromatic rings. The molecule has 1 N–H and O–H groups in total. The van der Waals surface area contributed by atoms with E-state index < -0.39 is 0 Å². The molecule has 2 rings (SSSR count). The SMILES string of the molecule is CC(C)(C)C(Cc1ccccc1)C(=O)N1CCNCC1. The molecule has 0 saturated carbocycles. The van der Waals surface area contributed by atoms with E-state index in [0.717, 1.165) is 32.6 Å². The van der Waals surface area contributed by atoms with Crippen LogP contribution in [0.15, 0.2) is 30.3 Å². The monoisotopic (exact) mass is 274 g/mol. The Morgan fingerprint density at radius 3 is 2.35 bits per heavy atom. The van der Waals surface area contributed by atoms with E-state index >= 15 is 0 Å². The van der Waals surface area contributed by atoms with Crippen molar-refractivity contribution in [1.29, 1.82) is 0 Å². The molecule has 1 aliphatic rings. The average Bonchev–Trinajstić information content (AvgIpc) is 2.45. The van der Waals surface area contributed by atoms with Gasteiger partial charge in [-0.25, -0.2) is 0 Å². The molecule has 1 atom stereocenters. The highest BCUT2D eigenvalue weighted by atomic mass is 16.2. The van der Waals surface area contributed by atoms with E-state index in [0.29, 0.717) is 5.91 Å². The van der Waals surface area contributed by atoms with Crippen LogP contribution in [0.5, 0.6) is 0 Å². The Hall–Kier alpha value is -1.35. The lowest BCUT2D eigenvalue weighted by Gasteiger charge is -2.36. The first-order chi connectivity index (χ1) is 9.48. The normalized spacial score (nSPS) is 17.9. The zero-order valence-electron chi connectivity index (χ0n) is 12.9. The Morgan fingerprint density at radius 1 is 1.20 bits per heavy atom. The molecule has 3 nitrogen and oxygen atoms in total. The van der Waals surface area contributed by atoms with E-state index in [1.165, 1.54) is 5.56 Å². The zero-order chi connectivity index (χ0) is 14.6. The molecule has 1 aliphatic heterocycles.